The number of carbonyl (C=O) groups is 1. The van der Waals surface area contributed by atoms with Crippen LogP contribution in [0.3, 0.4) is 0 Å². The minimum absolute atomic E-state index is 0.287. The van der Waals surface area contributed by atoms with Gasteiger partial charge in [-0.25, -0.2) is 4.79 Å². The molecule has 0 radical (unpaired) electrons. The summed E-state index contributed by atoms with van der Waals surface area (Å²) in [4.78, 5) is 10.7. The van der Waals surface area contributed by atoms with Gasteiger partial charge in [-0.05, 0) is 6.92 Å². The molecule has 0 aliphatic rings. The third kappa shape index (κ3) is 2.71. The van der Waals surface area contributed by atoms with E-state index in [0.717, 1.165) is 13.8 Å². The molecule has 1 atom stereocenters. The van der Waals surface area contributed by atoms with Gasteiger partial charge in [0.1, 0.15) is 0 Å². The molecule has 0 N–H and O–H groups in total. The summed E-state index contributed by atoms with van der Waals surface area (Å²) in [7, 11) is 0. The number of carbonyl (C=O) groups excluding carboxylic acids is 1. The Morgan fingerprint density at radius 1 is 1.36 bits per heavy atom. The summed E-state index contributed by atoms with van der Waals surface area (Å²) in [6.07, 6.45) is -6.22. The Bertz CT molecular complexity index is 246. The first kappa shape index (κ1) is 12.9. The van der Waals surface area contributed by atoms with E-state index in [-0.39, 0.29) is 5.57 Å². The van der Waals surface area contributed by atoms with E-state index < -0.39 is 24.4 Å². The Morgan fingerprint density at radius 2 is 1.79 bits per heavy atom. The van der Waals surface area contributed by atoms with Gasteiger partial charge in [-0.2, -0.15) is 17.6 Å². The highest BCUT2D eigenvalue weighted by Gasteiger charge is 2.58. The number of esters is 1. The molecule has 82 valence electrons. The molecular formula is C8H10F4O2. The van der Waals surface area contributed by atoms with Crippen molar-refractivity contribution in [2.75, 3.05) is 0 Å². The molecule has 6 heteroatoms. The highest BCUT2D eigenvalue weighted by atomic mass is 19.4. The number of halogens is 4. The summed E-state index contributed by atoms with van der Waals surface area (Å²) in [6.45, 7) is 5.11. The molecule has 0 saturated heterocycles. The molecule has 0 bridgehead atoms. The molecule has 2 nitrogen and oxygen atoms in total. The predicted molar refractivity (Wildman–Crippen MR) is 41.1 cm³/mol. The largest absolute Gasteiger partial charge is 0.460 e. The fourth-order valence-corrected chi connectivity index (χ4v) is 0.565. The van der Waals surface area contributed by atoms with Crippen LogP contribution in [0.1, 0.15) is 20.3 Å². The summed E-state index contributed by atoms with van der Waals surface area (Å²) in [5, 5.41) is 0. The van der Waals surface area contributed by atoms with E-state index in [9.17, 15) is 22.4 Å². The fourth-order valence-electron chi connectivity index (χ4n) is 0.565. The second-order valence-corrected chi connectivity index (χ2v) is 2.75. The van der Waals surface area contributed by atoms with Crippen LogP contribution in [0.15, 0.2) is 12.2 Å². The third-order valence-corrected chi connectivity index (χ3v) is 1.48. The van der Waals surface area contributed by atoms with Crippen molar-refractivity contribution in [3.63, 3.8) is 0 Å². The van der Waals surface area contributed by atoms with Crippen LogP contribution >= 0.6 is 0 Å². The number of hydrogen-bond donors (Lipinski definition) is 0. The topological polar surface area (TPSA) is 26.3 Å². The molecule has 0 aromatic rings. The molecule has 0 rings (SSSR count). The first-order valence-corrected chi connectivity index (χ1v) is 3.78. The maximum atomic E-state index is 13.0. The summed E-state index contributed by atoms with van der Waals surface area (Å²) in [5.41, 5.74) is -0.287. The lowest BCUT2D eigenvalue weighted by Crippen LogP contribution is -2.44. The number of alkyl halides is 4. The maximum Gasteiger partial charge on any atom is 0.460 e. The molecule has 0 spiro atoms. The van der Waals surface area contributed by atoms with E-state index >= 15 is 0 Å². The molecular weight excluding hydrogens is 204 g/mol. The number of rotatable bonds is 3. The van der Waals surface area contributed by atoms with Crippen LogP contribution in [0.2, 0.25) is 0 Å². The zero-order valence-electron chi connectivity index (χ0n) is 7.74. The van der Waals surface area contributed by atoms with Gasteiger partial charge in [0.05, 0.1) is 0 Å². The fraction of sp³-hybridized carbons (Fsp3) is 0.625. The maximum absolute atomic E-state index is 13.0. The SMILES string of the molecule is C=C(C)C(=O)OC(F)(CC)C(F)(F)F. The van der Waals surface area contributed by atoms with Crippen molar-refractivity contribution in [2.45, 2.75) is 32.3 Å². The van der Waals surface area contributed by atoms with Crippen LogP contribution in [0.5, 0.6) is 0 Å². The van der Waals surface area contributed by atoms with Gasteiger partial charge in [0.25, 0.3) is 0 Å². The van der Waals surface area contributed by atoms with Gasteiger partial charge in [0, 0.05) is 12.0 Å². The van der Waals surface area contributed by atoms with Gasteiger partial charge in [-0.15, -0.1) is 0 Å². The van der Waals surface area contributed by atoms with E-state index in [1.807, 2.05) is 0 Å². The first-order valence-electron chi connectivity index (χ1n) is 3.78. The molecule has 0 aromatic heterocycles. The van der Waals surface area contributed by atoms with Gasteiger partial charge in [-0.3, -0.25) is 0 Å². The van der Waals surface area contributed by atoms with E-state index in [2.05, 4.69) is 11.3 Å². The van der Waals surface area contributed by atoms with Crippen molar-refractivity contribution >= 4 is 5.97 Å². The van der Waals surface area contributed by atoms with Crippen molar-refractivity contribution in [2.24, 2.45) is 0 Å². The highest BCUT2D eigenvalue weighted by Crippen LogP contribution is 2.38. The third-order valence-electron chi connectivity index (χ3n) is 1.48. The normalized spacial score (nSPS) is 15.9. The van der Waals surface area contributed by atoms with Gasteiger partial charge in [0.15, 0.2) is 0 Å². The lowest BCUT2D eigenvalue weighted by atomic mass is 10.2. The van der Waals surface area contributed by atoms with Crippen molar-refractivity contribution in [1.82, 2.24) is 0 Å². The van der Waals surface area contributed by atoms with Crippen LogP contribution < -0.4 is 0 Å². The highest BCUT2D eigenvalue weighted by molar-refractivity contribution is 5.87. The van der Waals surface area contributed by atoms with Crippen LogP contribution in [0.4, 0.5) is 17.6 Å². The summed E-state index contributed by atoms with van der Waals surface area (Å²) in [5.74, 6) is -5.32. The smallest absolute Gasteiger partial charge is 0.416 e. The minimum atomic E-state index is -5.23. The quantitative estimate of drug-likeness (QED) is 0.410. The molecule has 1 unspecified atom stereocenters. The average molecular weight is 214 g/mol. The van der Waals surface area contributed by atoms with Crippen LogP contribution in [-0.4, -0.2) is 18.0 Å². The summed E-state index contributed by atoms with van der Waals surface area (Å²) >= 11 is 0. The molecule has 0 amide bonds. The monoisotopic (exact) mass is 214 g/mol. The van der Waals surface area contributed by atoms with Crippen molar-refractivity contribution in [1.29, 1.82) is 0 Å². The van der Waals surface area contributed by atoms with Crippen LogP contribution in [0.25, 0.3) is 0 Å². The van der Waals surface area contributed by atoms with Gasteiger partial charge in [-0.1, -0.05) is 13.5 Å². The van der Waals surface area contributed by atoms with Crippen molar-refractivity contribution < 1.29 is 27.1 Å². The zero-order chi connectivity index (χ0) is 11.6. The number of ether oxygens (including phenoxy) is 1. The van der Waals surface area contributed by atoms with E-state index in [0.29, 0.717) is 0 Å². The second kappa shape index (κ2) is 3.98. The molecule has 0 saturated carbocycles. The summed E-state index contributed by atoms with van der Waals surface area (Å²) < 4.78 is 52.9. The molecule has 14 heavy (non-hydrogen) atoms. The number of hydrogen-bond acceptors (Lipinski definition) is 2. The average Bonchev–Trinajstić information content (AvgIpc) is 2.01. The first-order chi connectivity index (χ1) is 6.14. The second-order valence-electron chi connectivity index (χ2n) is 2.75. The van der Waals surface area contributed by atoms with Crippen LogP contribution in [-0.2, 0) is 9.53 Å². The lowest BCUT2D eigenvalue weighted by Gasteiger charge is -2.26. The van der Waals surface area contributed by atoms with Gasteiger partial charge >= 0.3 is 18.0 Å². The minimum Gasteiger partial charge on any atom is -0.416 e. The molecule has 0 aliphatic carbocycles. The van der Waals surface area contributed by atoms with Crippen molar-refractivity contribution in [3.05, 3.63) is 12.2 Å². The lowest BCUT2D eigenvalue weighted by molar-refractivity contribution is -0.319. The molecule has 0 aromatic carbocycles. The Kier molecular flexibility index (Phi) is 3.67. The van der Waals surface area contributed by atoms with E-state index in [1.165, 1.54) is 0 Å². The van der Waals surface area contributed by atoms with Gasteiger partial charge in [0.2, 0.25) is 0 Å². The predicted octanol–water partition coefficient (Wildman–Crippen LogP) is 2.74. The Hall–Kier alpha value is -1.07. The zero-order valence-corrected chi connectivity index (χ0v) is 7.74. The molecule has 0 fully saturated rings. The standard InChI is InChI=1S/C8H10F4O2/c1-4-7(9,8(10,11)12)14-6(13)5(2)3/h2,4H2,1,3H3. The summed E-state index contributed by atoms with van der Waals surface area (Å²) in [6, 6.07) is 0. The Labute approximate surface area is 78.5 Å². The van der Waals surface area contributed by atoms with E-state index in [1.54, 1.807) is 0 Å². The Balaban J connectivity index is 4.74. The Morgan fingerprint density at radius 3 is 2.00 bits per heavy atom. The van der Waals surface area contributed by atoms with Gasteiger partial charge < -0.3 is 4.74 Å². The van der Waals surface area contributed by atoms with E-state index in [4.69, 9.17) is 0 Å². The molecule has 0 heterocycles. The van der Waals surface area contributed by atoms with Crippen molar-refractivity contribution in [3.8, 4) is 0 Å². The van der Waals surface area contributed by atoms with Crippen LogP contribution in [0, 0.1) is 0 Å². The molecule has 0 aliphatic heterocycles.